The molecule has 2 rings (SSSR count). The van der Waals surface area contributed by atoms with Gasteiger partial charge >= 0.3 is 7.60 Å². The molecule has 0 spiro atoms. The Balaban J connectivity index is 2.46. The van der Waals surface area contributed by atoms with Crippen molar-refractivity contribution in [1.29, 1.82) is 0 Å². The molecule has 1 aliphatic heterocycles. The third-order valence-electron chi connectivity index (χ3n) is 5.32. The lowest BCUT2D eigenvalue weighted by Gasteiger charge is -2.34. The van der Waals surface area contributed by atoms with Crippen molar-refractivity contribution >= 4 is 17.7 Å². The first-order valence-electron chi connectivity index (χ1n) is 10.5. The molecule has 13 heteroatoms. The van der Waals surface area contributed by atoms with Crippen molar-refractivity contribution in [3.05, 3.63) is 29.8 Å². The van der Waals surface area contributed by atoms with Crippen LogP contribution in [0.1, 0.15) is 25.2 Å². The van der Waals surface area contributed by atoms with Crippen molar-refractivity contribution in [3.63, 3.8) is 0 Å². The van der Waals surface area contributed by atoms with Gasteiger partial charge in [0.2, 0.25) is 0 Å². The highest BCUT2D eigenvalue weighted by Crippen LogP contribution is 2.54. The first kappa shape index (κ1) is 27.3. The van der Waals surface area contributed by atoms with Crippen molar-refractivity contribution < 1.29 is 37.5 Å². The molecule has 1 fully saturated rings. The molecule has 1 unspecified atom stereocenters. The topological polar surface area (TPSA) is 162 Å². The minimum atomic E-state index is -4.89. The van der Waals surface area contributed by atoms with Crippen LogP contribution in [-0.2, 0) is 14.7 Å². The predicted octanol–water partition coefficient (Wildman–Crippen LogP) is -0.209. The molecule has 0 saturated carbocycles. The van der Waals surface area contributed by atoms with Gasteiger partial charge in [-0.3, -0.25) is 23.8 Å². The van der Waals surface area contributed by atoms with Crippen LogP contribution in [0.2, 0.25) is 0 Å². The summed E-state index contributed by atoms with van der Waals surface area (Å²) in [5, 5.41) is 19.7. The van der Waals surface area contributed by atoms with Gasteiger partial charge in [0.25, 0.3) is 10.1 Å². The van der Waals surface area contributed by atoms with Gasteiger partial charge in [-0.2, -0.15) is 8.42 Å². The van der Waals surface area contributed by atoms with Gasteiger partial charge in [-0.15, -0.1) is 0 Å². The van der Waals surface area contributed by atoms with Crippen LogP contribution in [0, 0.1) is 0 Å². The van der Waals surface area contributed by atoms with Gasteiger partial charge in [0, 0.05) is 57.9 Å². The van der Waals surface area contributed by atoms with E-state index in [0.717, 1.165) is 6.07 Å². The van der Waals surface area contributed by atoms with Crippen LogP contribution < -0.4 is 0 Å². The number of β-amino-alcohol motifs (C(OH)–C–C–N with tert-alkyl or cyclic N) is 2. The molecule has 0 aliphatic carbocycles. The number of benzene rings is 1. The maximum Gasteiger partial charge on any atom is 0.347 e. The van der Waals surface area contributed by atoms with Crippen LogP contribution in [0.25, 0.3) is 0 Å². The van der Waals surface area contributed by atoms with Crippen molar-refractivity contribution in [2.24, 2.45) is 0 Å². The molecule has 1 aliphatic rings. The van der Waals surface area contributed by atoms with E-state index in [1.807, 2.05) is 9.80 Å². The van der Waals surface area contributed by atoms with Gasteiger partial charge in [-0.05, 0) is 19.9 Å². The fourth-order valence-electron chi connectivity index (χ4n) is 4.03. The average molecular weight is 496 g/mol. The highest BCUT2D eigenvalue weighted by Gasteiger charge is 2.39. The summed E-state index contributed by atoms with van der Waals surface area (Å²) >= 11 is 0. The Bertz CT molecular complexity index is 870. The number of nitrogens with zero attached hydrogens (tertiary/aromatic N) is 3. The lowest BCUT2D eigenvalue weighted by molar-refractivity contribution is 0.102. The fourth-order valence-corrected chi connectivity index (χ4v) is 6.09. The van der Waals surface area contributed by atoms with Gasteiger partial charge in [0.1, 0.15) is 5.78 Å². The van der Waals surface area contributed by atoms with E-state index in [1.54, 1.807) is 13.8 Å². The van der Waals surface area contributed by atoms with E-state index < -0.39 is 40.6 Å². The Morgan fingerprint density at radius 2 is 1.34 bits per heavy atom. The zero-order valence-electron chi connectivity index (χ0n) is 18.4. The first-order chi connectivity index (χ1) is 14.8. The van der Waals surface area contributed by atoms with Gasteiger partial charge < -0.3 is 20.0 Å². The molecular weight excluding hydrogens is 461 g/mol. The highest BCUT2D eigenvalue weighted by molar-refractivity contribution is 7.86. The monoisotopic (exact) mass is 495 g/mol. The van der Waals surface area contributed by atoms with E-state index in [1.165, 1.54) is 23.1 Å². The molecule has 1 aromatic carbocycles. The van der Waals surface area contributed by atoms with Gasteiger partial charge in [-0.25, -0.2) is 0 Å². The Morgan fingerprint density at radius 3 is 1.75 bits per heavy atom. The summed E-state index contributed by atoms with van der Waals surface area (Å²) in [6, 6.07) is 5.24. The second kappa shape index (κ2) is 11.5. The number of hydrogen-bond donors (Lipinski definition) is 5. The quantitative estimate of drug-likeness (QED) is 0.240. The van der Waals surface area contributed by atoms with Crippen molar-refractivity contribution in [3.8, 4) is 0 Å². The summed E-state index contributed by atoms with van der Waals surface area (Å²) in [6.45, 7) is 6.38. The molecule has 0 aromatic heterocycles. The van der Waals surface area contributed by atoms with Gasteiger partial charge in [0.05, 0.1) is 17.1 Å². The van der Waals surface area contributed by atoms with Gasteiger partial charge in [0.15, 0.2) is 0 Å². The summed E-state index contributed by atoms with van der Waals surface area (Å²) in [7, 11) is -9.60. The van der Waals surface area contributed by atoms with Crippen LogP contribution in [0.5, 0.6) is 0 Å². The van der Waals surface area contributed by atoms with Crippen LogP contribution in [0.4, 0.5) is 0 Å². The van der Waals surface area contributed by atoms with Crippen molar-refractivity contribution in [2.75, 3.05) is 52.4 Å². The highest BCUT2D eigenvalue weighted by atomic mass is 32.2. The largest absolute Gasteiger partial charge is 0.392 e. The molecule has 0 amide bonds. The summed E-state index contributed by atoms with van der Waals surface area (Å²) in [5.74, 6) is -1.58. The molecule has 32 heavy (non-hydrogen) atoms. The number of aliphatic hydroxyl groups excluding tert-OH is 2. The van der Waals surface area contributed by atoms with Crippen molar-refractivity contribution in [2.45, 2.75) is 36.7 Å². The SMILES string of the molecule is C[C@H](O)CN1CCN(C[C@H](C)O)CCN(C(c2ccccc2S(=O)(=O)O)P(=O)(O)O)CC1. The van der Waals surface area contributed by atoms with Crippen LogP contribution >= 0.6 is 7.60 Å². The lowest BCUT2D eigenvalue weighted by Crippen LogP contribution is -2.41. The van der Waals surface area contributed by atoms with Crippen LogP contribution in [0.15, 0.2) is 29.2 Å². The van der Waals surface area contributed by atoms with Crippen LogP contribution in [-0.4, -0.2) is 112 Å². The molecule has 1 heterocycles. The molecule has 0 bridgehead atoms. The molecule has 11 nitrogen and oxygen atoms in total. The third kappa shape index (κ3) is 8.14. The summed E-state index contributed by atoms with van der Waals surface area (Å²) in [5.41, 5.74) is -0.174. The summed E-state index contributed by atoms with van der Waals surface area (Å²) in [6.07, 6.45) is -1.21. The molecule has 1 saturated heterocycles. The minimum absolute atomic E-state index is 0.174. The summed E-state index contributed by atoms with van der Waals surface area (Å²) in [4.78, 5) is 25.3. The number of aliphatic hydroxyl groups is 2. The second-order valence-corrected chi connectivity index (χ2v) is 11.4. The smallest absolute Gasteiger partial charge is 0.347 e. The Hall–Kier alpha value is -0.920. The van der Waals surface area contributed by atoms with Crippen LogP contribution in [0.3, 0.4) is 0 Å². The third-order valence-corrected chi connectivity index (χ3v) is 7.49. The average Bonchev–Trinajstić information content (AvgIpc) is 2.72. The van der Waals surface area contributed by atoms with E-state index in [0.29, 0.717) is 39.3 Å². The predicted molar refractivity (Wildman–Crippen MR) is 119 cm³/mol. The normalized spacial score (nSPS) is 21.3. The zero-order valence-corrected chi connectivity index (χ0v) is 20.1. The van der Waals surface area contributed by atoms with E-state index in [2.05, 4.69) is 0 Å². The number of rotatable bonds is 8. The van der Waals surface area contributed by atoms with E-state index in [9.17, 15) is 37.5 Å². The molecular formula is C19H34N3O8PS. The molecule has 1 aromatic rings. The molecule has 3 atom stereocenters. The van der Waals surface area contributed by atoms with E-state index in [-0.39, 0.29) is 18.7 Å². The first-order valence-corrected chi connectivity index (χ1v) is 13.6. The molecule has 5 N–H and O–H groups in total. The Labute approximate surface area is 189 Å². The van der Waals surface area contributed by atoms with E-state index in [4.69, 9.17) is 0 Å². The fraction of sp³-hybridized carbons (Fsp3) is 0.684. The zero-order chi connectivity index (χ0) is 24.1. The lowest BCUT2D eigenvalue weighted by atomic mass is 10.2. The van der Waals surface area contributed by atoms with Crippen molar-refractivity contribution in [1.82, 2.24) is 14.7 Å². The maximum atomic E-state index is 12.6. The molecule has 0 radical (unpaired) electrons. The maximum absolute atomic E-state index is 12.6. The van der Waals surface area contributed by atoms with E-state index >= 15 is 0 Å². The second-order valence-electron chi connectivity index (χ2n) is 8.31. The Morgan fingerprint density at radius 1 is 0.906 bits per heavy atom. The standard InChI is InChI=1S/C19H34N3O8PS/c1-15(23)13-20-7-8-21(14-16(2)24)10-12-22(11-9-20)19(31(25,26)27)17-5-3-4-6-18(17)32(28,29)30/h3-6,15-16,19,23-24H,7-14H2,1-2H3,(H2,25,26,27)(H,28,29,30)/t15-,16-,19?/m0/s1. The number of hydrogen-bond acceptors (Lipinski definition) is 8. The molecule has 184 valence electrons. The minimum Gasteiger partial charge on any atom is -0.392 e. The van der Waals surface area contributed by atoms with Gasteiger partial charge in [-0.1, -0.05) is 18.2 Å². The summed E-state index contributed by atoms with van der Waals surface area (Å²) < 4.78 is 46.0. The Kier molecular flexibility index (Phi) is 9.80.